The Morgan fingerprint density at radius 1 is 1.24 bits per heavy atom. The van der Waals surface area contributed by atoms with Crippen LogP contribution in [0.25, 0.3) is 6.08 Å². The topological polar surface area (TPSA) is 49.4 Å². The number of thiocarbonyl (C=S) groups is 1. The summed E-state index contributed by atoms with van der Waals surface area (Å²) in [5, 5.41) is 4.36. The molecule has 3 rings (SSSR count). The minimum Gasteiger partial charge on any atom is -0.326 e. The molecule has 10 heteroatoms. The molecule has 0 aliphatic carbocycles. The molecule has 29 heavy (non-hydrogen) atoms. The third kappa shape index (κ3) is 5.68. The quantitative estimate of drug-likeness (QED) is 0.468. The molecule has 0 unspecified atom stereocenters. The van der Waals surface area contributed by atoms with Crippen molar-refractivity contribution in [3.63, 3.8) is 0 Å². The summed E-state index contributed by atoms with van der Waals surface area (Å²) in [5.74, 6) is -0.629. The van der Waals surface area contributed by atoms with Gasteiger partial charge in [0.05, 0.1) is 10.5 Å². The van der Waals surface area contributed by atoms with E-state index in [1.807, 2.05) is 17.5 Å². The average Bonchev–Trinajstić information content (AvgIpc) is 3.25. The summed E-state index contributed by atoms with van der Waals surface area (Å²) < 4.78 is 38.6. The van der Waals surface area contributed by atoms with Gasteiger partial charge in [-0.3, -0.25) is 14.5 Å². The zero-order valence-electron chi connectivity index (χ0n) is 14.9. The summed E-state index contributed by atoms with van der Waals surface area (Å²) in [6.07, 6.45) is -2.30. The second-order valence-electron chi connectivity index (χ2n) is 6.08. The molecular weight excluding hydrogens is 441 g/mol. The zero-order chi connectivity index (χ0) is 21.0. The first-order valence-electron chi connectivity index (χ1n) is 8.50. The van der Waals surface area contributed by atoms with E-state index in [0.29, 0.717) is 15.6 Å². The number of hydrogen-bond acceptors (Lipinski definition) is 5. The number of thioether (sulfide) groups is 1. The van der Waals surface area contributed by atoms with E-state index in [9.17, 15) is 22.8 Å². The lowest BCUT2D eigenvalue weighted by Gasteiger charge is -2.14. The summed E-state index contributed by atoms with van der Waals surface area (Å²) in [7, 11) is 0. The number of nitrogens with one attached hydrogen (secondary N) is 1. The van der Waals surface area contributed by atoms with Crippen molar-refractivity contribution in [2.24, 2.45) is 0 Å². The van der Waals surface area contributed by atoms with Crippen molar-refractivity contribution >= 4 is 63.2 Å². The van der Waals surface area contributed by atoms with Crippen molar-refractivity contribution in [3.8, 4) is 0 Å². The van der Waals surface area contributed by atoms with E-state index in [1.54, 1.807) is 6.08 Å². The van der Waals surface area contributed by atoms with Crippen LogP contribution in [0.2, 0.25) is 0 Å². The highest BCUT2D eigenvalue weighted by atomic mass is 32.2. The minimum atomic E-state index is -4.47. The van der Waals surface area contributed by atoms with Gasteiger partial charge in [-0.15, -0.1) is 11.3 Å². The van der Waals surface area contributed by atoms with Crippen LogP contribution in [0.3, 0.4) is 0 Å². The van der Waals surface area contributed by atoms with E-state index in [1.165, 1.54) is 40.1 Å². The van der Waals surface area contributed by atoms with E-state index in [-0.39, 0.29) is 24.6 Å². The maximum Gasteiger partial charge on any atom is 0.416 e. The number of alkyl halides is 3. The van der Waals surface area contributed by atoms with Gasteiger partial charge in [0.15, 0.2) is 0 Å². The van der Waals surface area contributed by atoms with Gasteiger partial charge in [-0.2, -0.15) is 13.2 Å². The molecule has 0 saturated carbocycles. The summed E-state index contributed by atoms with van der Waals surface area (Å²) in [5.41, 5.74) is -0.750. The van der Waals surface area contributed by atoms with Crippen molar-refractivity contribution in [3.05, 3.63) is 57.1 Å². The summed E-state index contributed by atoms with van der Waals surface area (Å²) >= 11 is 7.97. The van der Waals surface area contributed by atoms with Crippen LogP contribution < -0.4 is 5.32 Å². The molecule has 4 nitrogen and oxygen atoms in total. The van der Waals surface area contributed by atoms with Gasteiger partial charge in [-0.25, -0.2) is 0 Å². The second kappa shape index (κ2) is 9.10. The van der Waals surface area contributed by atoms with Crippen molar-refractivity contribution in [1.29, 1.82) is 0 Å². The number of halogens is 3. The molecule has 1 aromatic heterocycles. The molecule has 2 heterocycles. The van der Waals surface area contributed by atoms with E-state index < -0.39 is 17.6 Å². The third-order valence-electron chi connectivity index (χ3n) is 3.95. The van der Waals surface area contributed by atoms with Gasteiger partial charge in [0, 0.05) is 23.5 Å². The van der Waals surface area contributed by atoms with Crippen LogP contribution in [-0.2, 0) is 15.8 Å². The fourth-order valence-electron chi connectivity index (χ4n) is 2.59. The van der Waals surface area contributed by atoms with Crippen LogP contribution in [0.1, 0.15) is 23.3 Å². The number of nitrogens with zero attached hydrogens (tertiary/aromatic N) is 1. The van der Waals surface area contributed by atoms with Gasteiger partial charge in [0.2, 0.25) is 5.91 Å². The highest BCUT2D eigenvalue weighted by Crippen LogP contribution is 2.33. The van der Waals surface area contributed by atoms with Crippen LogP contribution in [0, 0.1) is 0 Å². The Labute approximate surface area is 178 Å². The standard InChI is InChI=1S/C19H15F3N2O2S3/c20-19(21,22)12-4-1-5-13(10-12)23-16(25)7-2-8-24-17(26)15(29-18(24)27)11-14-6-3-9-28-14/h1,3-6,9-11H,2,7-8H2,(H,23,25)/b15-11-. The highest BCUT2D eigenvalue weighted by Gasteiger charge is 2.32. The van der Waals surface area contributed by atoms with Gasteiger partial charge in [0.1, 0.15) is 4.32 Å². The predicted molar refractivity (Wildman–Crippen MR) is 114 cm³/mol. The van der Waals surface area contributed by atoms with Gasteiger partial charge in [-0.1, -0.05) is 36.1 Å². The van der Waals surface area contributed by atoms with Crippen LogP contribution in [0.5, 0.6) is 0 Å². The number of rotatable bonds is 6. The van der Waals surface area contributed by atoms with Crippen LogP contribution >= 0.6 is 35.3 Å². The van der Waals surface area contributed by atoms with Gasteiger partial charge < -0.3 is 5.32 Å². The molecule has 0 bridgehead atoms. The number of benzene rings is 1. The Bertz CT molecular complexity index is 956. The zero-order valence-corrected chi connectivity index (χ0v) is 17.3. The second-order valence-corrected chi connectivity index (χ2v) is 8.73. The predicted octanol–water partition coefficient (Wildman–Crippen LogP) is 5.39. The lowest BCUT2D eigenvalue weighted by Crippen LogP contribution is -2.29. The van der Waals surface area contributed by atoms with Crippen molar-refractivity contribution in [1.82, 2.24) is 4.90 Å². The normalized spacial score (nSPS) is 16.0. The lowest BCUT2D eigenvalue weighted by atomic mass is 10.2. The average molecular weight is 457 g/mol. The van der Waals surface area contributed by atoms with Gasteiger partial charge in [-0.05, 0) is 42.1 Å². The van der Waals surface area contributed by atoms with Crippen LogP contribution in [0.15, 0.2) is 46.7 Å². The Morgan fingerprint density at radius 3 is 2.72 bits per heavy atom. The fraction of sp³-hybridized carbons (Fsp3) is 0.211. The Kier molecular flexibility index (Phi) is 6.76. The molecule has 1 aliphatic heterocycles. The Hall–Kier alpha value is -2.17. The molecule has 0 radical (unpaired) electrons. The molecule has 0 spiro atoms. The minimum absolute atomic E-state index is 0.0529. The van der Waals surface area contributed by atoms with Crippen molar-refractivity contribution < 1.29 is 22.8 Å². The monoisotopic (exact) mass is 456 g/mol. The smallest absolute Gasteiger partial charge is 0.326 e. The molecular formula is C19H15F3N2O2S3. The molecule has 1 fully saturated rings. The number of thiophene rings is 1. The number of amides is 2. The first-order chi connectivity index (χ1) is 13.7. The molecule has 2 aromatic rings. The van der Waals surface area contributed by atoms with Gasteiger partial charge >= 0.3 is 6.18 Å². The Morgan fingerprint density at radius 2 is 2.03 bits per heavy atom. The summed E-state index contributed by atoms with van der Waals surface area (Å²) in [4.78, 5) is 27.5. The Balaban J connectivity index is 1.51. The molecule has 0 atom stereocenters. The number of carbonyl (C=O) groups excluding carboxylic acids is 2. The largest absolute Gasteiger partial charge is 0.416 e. The van der Waals surface area contributed by atoms with Gasteiger partial charge in [0.25, 0.3) is 5.91 Å². The molecule has 1 N–H and O–H groups in total. The number of hydrogen-bond donors (Lipinski definition) is 1. The first-order valence-corrected chi connectivity index (χ1v) is 10.6. The maximum atomic E-state index is 12.7. The number of anilines is 1. The molecule has 1 aliphatic rings. The van der Waals surface area contributed by atoms with E-state index in [4.69, 9.17) is 12.2 Å². The molecule has 152 valence electrons. The third-order valence-corrected chi connectivity index (χ3v) is 6.15. The van der Waals surface area contributed by atoms with Crippen LogP contribution in [0.4, 0.5) is 18.9 Å². The van der Waals surface area contributed by atoms with E-state index in [2.05, 4.69) is 5.32 Å². The number of carbonyl (C=O) groups is 2. The van der Waals surface area contributed by atoms with E-state index in [0.717, 1.165) is 17.0 Å². The fourth-order valence-corrected chi connectivity index (χ4v) is 4.62. The van der Waals surface area contributed by atoms with E-state index >= 15 is 0 Å². The maximum absolute atomic E-state index is 12.7. The molecule has 1 saturated heterocycles. The SMILES string of the molecule is O=C(CCCN1C(=O)/C(=C/c2cccs2)SC1=S)Nc1cccc(C(F)(F)F)c1. The lowest BCUT2D eigenvalue weighted by molar-refractivity contribution is -0.137. The summed E-state index contributed by atoms with van der Waals surface area (Å²) in [6.45, 7) is 0.266. The highest BCUT2D eigenvalue weighted by molar-refractivity contribution is 8.26. The molecule has 1 aromatic carbocycles. The molecule has 2 amide bonds. The summed E-state index contributed by atoms with van der Waals surface area (Å²) in [6, 6.07) is 8.24. The van der Waals surface area contributed by atoms with Crippen LogP contribution in [-0.4, -0.2) is 27.6 Å². The van der Waals surface area contributed by atoms with Crippen molar-refractivity contribution in [2.45, 2.75) is 19.0 Å². The van der Waals surface area contributed by atoms with Crippen molar-refractivity contribution in [2.75, 3.05) is 11.9 Å². The first kappa shape index (κ1) is 21.5.